The molecule has 31 heavy (non-hydrogen) atoms. The van der Waals surface area contributed by atoms with E-state index >= 15 is 0 Å². The van der Waals surface area contributed by atoms with E-state index in [1.807, 2.05) is 49.7 Å². The summed E-state index contributed by atoms with van der Waals surface area (Å²) < 4.78 is 13.3. The van der Waals surface area contributed by atoms with Gasteiger partial charge in [0.1, 0.15) is 23.6 Å². The Kier molecular flexibility index (Phi) is 5.74. The molecule has 0 amide bonds. The summed E-state index contributed by atoms with van der Waals surface area (Å²) in [4.78, 5) is 22.0. The van der Waals surface area contributed by atoms with Crippen LogP contribution in [0.25, 0.3) is 17.1 Å². The van der Waals surface area contributed by atoms with Gasteiger partial charge in [0.25, 0.3) is 0 Å². The van der Waals surface area contributed by atoms with Crippen molar-refractivity contribution in [2.24, 2.45) is 0 Å². The molecule has 0 unspecified atom stereocenters. The van der Waals surface area contributed by atoms with Crippen molar-refractivity contribution >= 4 is 5.95 Å². The number of aryl methyl sites for hydroxylation is 2. The summed E-state index contributed by atoms with van der Waals surface area (Å²) in [7, 11) is 1.58. The Balaban J connectivity index is 1.59. The van der Waals surface area contributed by atoms with Gasteiger partial charge in [-0.05, 0) is 39.0 Å². The number of rotatable bonds is 7. The molecule has 0 spiro atoms. The van der Waals surface area contributed by atoms with Crippen molar-refractivity contribution in [1.82, 2.24) is 29.5 Å². The minimum Gasteiger partial charge on any atom is -0.480 e. The molecule has 0 aromatic carbocycles. The van der Waals surface area contributed by atoms with E-state index in [-0.39, 0.29) is 0 Å². The minimum absolute atomic E-state index is 0.459. The van der Waals surface area contributed by atoms with E-state index in [0.29, 0.717) is 34.6 Å². The van der Waals surface area contributed by atoms with Crippen LogP contribution in [-0.2, 0) is 0 Å². The fourth-order valence-corrected chi connectivity index (χ4v) is 3.02. The second-order valence-electron chi connectivity index (χ2n) is 6.80. The zero-order chi connectivity index (χ0) is 21.8. The molecule has 0 atom stereocenters. The standard InChI is InChI=1S/C22H23N7O2/c1-5-23-22-25-11-17(21(28-22)30-4)18-6-7-19(15(3)27-18)31-16-8-9-24-20(10-16)29-12-14(2)26-13-29/h6-13H,5H2,1-4H3,(H,23,25,28). The van der Waals surface area contributed by atoms with Gasteiger partial charge >= 0.3 is 0 Å². The number of pyridine rings is 2. The third-order valence-electron chi connectivity index (χ3n) is 4.52. The second kappa shape index (κ2) is 8.78. The monoisotopic (exact) mass is 417 g/mol. The average Bonchev–Trinajstić information content (AvgIpc) is 3.22. The lowest BCUT2D eigenvalue weighted by Crippen LogP contribution is -2.04. The minimum atomic E-state index is 0.459. The fourth-order valence-electron chi connectivity index (χ4n) is 3.02. The lowest BCUT2D eigenvalue weighted by atomic mass is 10.2. The molecule has 1 N–H and O–H groups in total. The molecule has 158 valence electrons. The van der Waals surface area contributed by atoms with Gasteiger partial charge in [0.05, 0.1) is 29.8 Å². The Morgan fingerprint density at radius 1 is 1.06 bits per heavy atom. The van der Waals surface area contributed by atoms with Gasteiger partial charge < -0.3 is 14.8 Å². The van der Waals surface area contributed by atoms with Crippen LogP contribution in [0.1, 0.15) is 18.3 Å². The fraction of sp³-hybridized carbons (Fsp3) is 0.227. The zero-order valence-corrected chi connectivity index (χ0v) is 17.8. The third kappa shape index (κ3) is 4.45. The Morgan fingerprint density at radius 3 is 2.65 bits per heavy atom. The molecule has 0 fully saturated rings. The SMILES string of the molecule is CCNc1ncc(-c2ccc(Oc3ccnc(-n4cnc(C)c4)c3)c(C)n2)c(OC)n1. The Bertz CT molecular complexity index is 1210. The smallest absolute Gasteiger partial charge is 0.227 e. The van der Waals surface area contributed by atoms with E-state index in [1.165, 1.54) is 0 Å². The molecule has 0 radical (unpaired) electrons. The number of aromatic nitrogens is 6. The van der Waals surface area contributed by atoms with E-state index < -0.39 is 0 Å². The summed E-state index contributed by atoms with van der Waals surface area (Å²) in [5, 5.41) is 3.07. The molecule has 9 heteroatoms. The van der Waals surface area contributed by atoms with Gasteiger partial charge in [-0.15, -0.1) is 0 Å². The number of nitrogens with zero attached hydrogens (tertiary/aromatic N) is 6. The van der Waals surface area contributed by atoms with Crippen LogP contribution in [0.4, 0.5) is 5.95 Å². The summed E-state index contributed by atoms with van der Waals surface area (Å²) >= 11 is 0. The molecule has 4 aromatic rings. The number of imidazole rings is 1. The first-order valence-electron chi connectivity index (χ1n) is 9.85. The molecule has 9 nitrogen and oxygen atoms in total. The van der Waals surface area contributed by atoms with E-state index in [4.69, 9.17) is 9.47 Å². The highest BCUT2D eigenvalue weighted by atomic mass is 16.5. The maximum atomic E-state index is 6.07. The predicted molar refractivity (Wildman–Crippen MR) is 117 cm³/mol. The molecule has 4 rings (SSSR count). The topological polar surface area (TPSA) is 99.9 Å². The largest absolute Gasteiger partial charge is 0.480 e. The molecule has 0 aliphatic rings. The van der Waals surface area contributed by atoms with Crippen LogP contribution >= 0.6 is 0 Å². The lowest BCUT2D eigenvalue weighted by molar-refractivity contribution is 0.399. The first-order valence-corrected chi connectivity index (χ1v) is 9.85. The van der Waals surface area contributed by atoms with Crippen molar-refractivity contribution in [2.75, 3.05) is 19.0 Å². The first-order chi connectivity index (χ1) is 15.1. The number of hydrogen-bond donors (Lipinski definition) is 1. The Labute approximate surface area is 180 Å². The molecule has 4 aromatic heterocycles. The van der Waals surface area contributed by atoms with Gasteiger partial charge in [0.2, 0.25) is 11.8 Å². The number of anilines is 1. The summed E-state index contributed by atoms with van der Waals surface area (Å²) in [6, 6.07) is 7.39. The number of ether oxygens (including phenoxy) is 2. The second-order valence-corrected chi connectivity index (χ2v) is 6.80. The van der Waals surface area contributed by atoms with Crippen LogP contribution in [0, 0.1) is 13.8 Å². The maximum absolute atomic E-state index is 6.07. The highest BCUT2D eigenvalue weighted by molar-refractivity contribution is 5.65. The summed E-state index contributed by atoms with van der Waals surface area (Å²) in [5.74, 6) is 3.00. The quantitative estimate of drug-likeness (QED) is 0.482. The van der Waals surface area contributed by atoms with E-state index in [0.717, 1.165) is 23.8 Å². The molecular formula is C22H23N7O2. The summed E-state index contributed by atoms with van der Waals surface area (Å²) in [6.07, 6.45) is 7.03. The summed E-state index contributed by atoms with van der Waals surface area (Å²) in [5.41, 5.74) is 3.06. The van der Waals surface area contributed by atoms with E-state index in [9.17, 15) is 0 Å². The van der Waals surface area contributed by atoms with Gasteiger partial charge in [-0.3, -0.25) is 4.57 Å². The van der Waals surface area contributed by atoms with Crippen LogP contribution in [0.5, 0.6) is 17.4 Å². The zero-order valence-electron chi connectivity index (χ0n) is 17.8. The molecule has 0 bridgehead atoms. The van der Waals surface area contributed by atoms with Gasteiger partial charge in [0, 0.05) is 31.2 Å². The summed E-state index contributed by atoms with van der Waals surface area (Å²) in [6.45, 7) is 6.53. The molecular weight excluding hydrogens is 394 g/mol. The van der Waals surface area contributed by atoms with Crippen molar-refractivity contribution in [1.29, 1.82) is 0 Å². The molecule has 0 saturated carbocycles. The first kappa shape index (κ1) is 20.3. The van der Waals surface area contributed by atoms with Crippen molar-refractivity contribution in [3.8, 4) is 34.5 Å². The highest BCUT2D eigenvalue weighted by Crippen LogP contribution is 2.31. The third-order valence-corrected chi connectivity index (χ3v) is 4.52. The van der Waals surface area contributed by atoms with Crippen LogP contribution in [0.15, 0.2) is 49.2 Å². The van der Waals surface area contributed by atoms with Gasteiger partial charge in [-0.2, -0.15) is 4.98 Å². The Hall–Kier alpha value is -4.01. The molecule has 4 heterocycles. The maximum Gasteiger partial charge on any atom is 0.227 e. The number of methoxy groups -OCH3 is 1. The van der Waals surface area contributed by atoms with Crippen LogP contribution < -0.4 is 14.8 Å². The van der Waals surface area contributed by atoms with Crippen molar-refractivity contribution in [3.05, 3.63) is 60.6 Å². The predicted octanol–water partition coefficient (Wildman–Crippen LogP) is 3.97. The van der Waals surface area contributed by atoms with Gasteiger partial charge in [-0.1, -0.05) is 0 Å². The van der Waals surface area contributed by atoms with Crippen LogP contribution in [-0.4, -0.2) is 43.1 Å². The molecule has 0 aliphatic carbocycles. The van der Waals surface area contributed by atoms with E-state index in [2.05, 4.69) is 30.2 Å². The van der Waals surface area contributed by atoms with E-state index in [1.54, 1.807) is 31.9 Å². The van der Waals surface area contributed by atoms with Crippen molar-refractivity contribution < 1.29 is 9.47 Å². The Morgan fingerprint density at radius 2 is 1.94 bits per heavy atom. The van der Waals surface area contributed by atoms with Gasteiger partial charge in [0.15, 0.2) is 0 Å². The van der Waals surface area contributed by atoms with Gasteiger partial charge in [-0.25, -0.2) is 19.9 Å². The molecule has 0 aliphatic heterocycles. The van der Waals surface area contributed by atoms with Crippen LogP contribution in [0.2, 0.25) is 0 Å². The highest BCUT2D eigenvalue weighted by Gasteiger charge is 2.13. The average molecular weight is 417 g/mol. The lowest BCUT2D eigenvalue weighted by Gasteiger charge is -2.12. The number of hydrogen-bond acceptors (Lipinski definition) is 8. The van der Waals surface area contributed by atoms with Crippen LogP contribution in [0.3, 0.4) is 0 Å². The van der Waals surface area contributed by atoms with Crippen molar-refractivity contribution in [2.45, 2.75) is 20.8 Å². The number of nitrogens with one attached hydrogen (secondary N) is 1. The molecule has 0 saturated heterocycles. The normalized spacial score (nSPS) is 10.7. The van der Waals surface area contributed by atoms with Crippen molar-refractivity contribution in [3.63, 3.8) is 0 Å².